The van der Waals surface area contributed by atoms with Crippen LogP contribution >= 0.6 is 11.6 Å². The fourth-order valence-corrected chi connectivity index (χ4v) is 2.94. The van der Waals surface area contributed by atoms with E-state index < -0.39 is 25.8 Å². The Bertz CT molecular complexity index is 739. The van der Waals surface area contributed by atoms with Gasteiger partial charge in [-0.05, 0) is 12.1 Å². The van der Waals surface area contributed by atoms with E-state index in [1.807, 2.05) is 0 Å². The molecule has 2 rings (SSSR count). The average molecular weight is 318 g/mol. The van der Waals surface area contributed by atoms with Gasteiger partial charge in [0.1, 0.15) is 10.7 Å². The highest BCUT2D eigenvalue weighted by atomic mass is 35.5. The van der Waals surface area contributed by atoms with Crippen molar-refractivity contribution in [1.82, 2.24) is 9.97 Å². The third-order valence-electron chi connectivity index (χ3n) is 2.29. The first-order valence-electron chi connectivity index (χ1n) is 5.27. The van der Waals surface area contributed by atoms with Gasteiger partial charge in [-0.1, -0.05) is 17.7 Å². The predicted molar refractivity (Wildman–Crippen MR) is 70.8 cm³/mol. The van der Waals surface area contributed by atoms with E-state index >= 15 is 0 Å². The molecular weight excluding hydrogens is 309 g/mol. The van der Waals surface area contributed by atoms with Crippen molar-refractivity contribution in [3.05, 3.63) is 41.4 Å². The molecule has 0 unspecified atom stereocenters. The number of rotatable bonds is 4. The highest BCUT2D eigenvalue weighted by Gasteiger charge is 2.22. The molecule has 0 fully saturated rings. The van der Waals surface area contributed by atoms with Crippen LogP contribution in [-0.2, 0) is 10.0 Å². The van der Waals surface area contributed by atoms with Crippen LogP contribution in [0.1, 0.15) is 0 Å². The molecule has 0 radical (unpaired) electrons. The van der Waals surface area contributed by atoms with E-state index in [1.54, 1.807) is 0 Å². The van der Waals surface area contributed by atoms with Gasteiger partial charge in [-0.15, -0.1) is 0 Å². The smallest absolute Gasteiger partial charge is 0.264 e. The number of nitrogens with zero attached hydrogens (tertiary/aromatic N) is 2. The van der Waals surface area contributed by atoms with Crippen molar-refractivity contribution in [2.45, 2.75) is 4.90 Å². The molecule has 20 heavy (non-hydrogen) atoms. The van der Waals surface area contributed by atoms with Crippen LogP contribution in [0.5, 0.6) is 5.88 Å². The fourth-order valence-electron chi connectivity index (χ4n) is 1.42. The highest BCUT2D eigenvalue weighted by molar-refractivity contribution is 7.92. The number of anilines is 1. The van der Waals surface area contributed by atoms with E-state index in [1.165, 1.54) is 31.6 Å². The van der Waals surface area contributed by atoms with Crippen molar-refractivity contribution >= 4 is 27.4 Å². The molecule has 1 N–H and O–H groups in total. The molecule has 9 heteroatoms. The summed E-state index contributed by atoms with van der Waals surface area (Å²) in [5, 5.41) is -0.497. The number of nitrogens with one attached hydrogen (secondary N) is 1. The molecule has 0 aliphatic heterocycles. The third-order valence-corrected chi connectivity index (χ3v) is 4.17. The Hall–Kier alpha value is -1.93. The molecule has 2 aromatic rings. The Morgan fingerprint density at radius 2 is 2.00 bits per heavy atom. The van der Waals surface area contributed by atoms with Gasteiger partial charge in [0.2, 0.25) is 5.82 Å². The normalized spacial score (nSPS) is 11.2. The molecule has 0 aliphatic rings. The molecule has 6 nitrogen and oxygen atoms in total. The van der Waals surface area contributed by atoms with Crippen LogP contribution < -0.4 is 9.46 Å². The lowest BCUT2D eigenvalue weighted by atomic mass is 10.3. The van der Waals surface area contributed by atoms with Crippen molar-refractivity contribution in [1.29, 1.82) is 0 Å². The van der Waals surface area contributed by atoms with Gasteiger partial charge in [0.05, 0.1) is 12.1 Å². The molecule has 0 atom stereocenters. The lowest BCUT2D eigenvalue weighted by Gasteiger charge is -2.10. The SMILES string of the molecule is COc1nccnc1NS(=O)(=O)c1cccc(F)c1Cl. The van der Waals surface area contributed by atoms with Gasteiger partial charge in [-0.2, -0.15) is 0 Å². The van der Waals surface area contributed by atoms with Gasteiger partial charge in [0, 0.05) is 12.4 Å². The Morgan fingerprint density at radius 3 is 2.70 bits per heavy atom. The van der Waals surface area contributed by atoms with Crippen LogP contribution in [0.15, 0.2) is 35.5 Å². The number of hydrogen-bond donors (Lipinski definition) is 1. The van der Waals surface area contributed by atoms with E-state index in [4.69, 9.17) is 16.3 Å². The van der Waals surface area contributed by atoms with E-state index in [0.29, 0.717) is 0 Å². The van der Waals surface area contributed by atoms with Crippen LogP contribution in [0.25, 0.3) is 0 Å². The summed E-state index contributed by atoms with van der Waals surface area (Å²) >= 11 is 5.66. The van der Waals surface area contributed by atoms with Gasteiger partial charge in [-0.3, -0.25) is 4.72 Å². The highest BCUT2D eigenvalue weighted by Crippen LogP contribution is 2.27. The zero-order valence-corrected chi connectivity index (χ0v) is 11.7. The summed E-state index contributed by atoms with van der Waals surface area (Å²) in [7, 11) is -2.79. The summed E-state index contributed by atoms with van der Waals surface area (Å²) in [6.45, 7) is 0. The number of sulfonamides is 1. The molecule has 0 saturated heterocycles. The first-order chi connectivity index (χ1) is 9.45. The zero-order chi connectivity index (χ0) is 14.8. The summed E-state index contributed by atoms with van der Waals surface area (Å²) < 4.78 is 44.6. The third kappa shape index (κ3) is 2.81. The van der Waals surface area contributed by atoms with E-state index in [9.17, 15) is 12.8 Å². The number of aromatic nitrogens is 2. The Kier molecular flexibility index (Phi) is 4.05. The van der Waals surface area contributed by atoms with Crippen molar-refractivity contribution in [2.75, 3.05) is 11.8 Å². The van der Waals surface area contributed by atoms with Crippen LogP contribution in [0, 0.1) is 5.82 Å². The van der Waals surface area contributed by atoms with Gasteiger partial charge >= 0.3 is 0 Å². The standard InChI is InChI=1S/C11H9ClFN3O3S/c1-19-11-10(14-5-6-15-11)16-20(17,18)8-4-2-3-7(13)9(8)12/h2-6H,1H3,(H,14,16). The first kappa shape index (κ1) is 14.5. The summed E-state index contributed by atoms with van der Waals surface area (Å²) in [5.74, 6) is -0.959. The maximum Gasteiger partial charge on any atom is 0.264 e. The van der Waals surface area contributed by atoms with E-state index in [2.05, 4.69) is 14.7 Å². The molecule has 0 aliphatic carbocycles. The largest absolute Gasteiger partial charge is 0.478 e. The molecule has 1 heterocycles. The van der Waals surface area contributed by atoms with Crippen molar-refractivity contribution in [3.8, 4) is 5.88 Å². The zero-order valence-electron chi connectivity index (χ0n) is 10.2. The van der Waals surface area contributed by atoms with Gasteiger partial charge in [-0.25, -0.2) is 22.8 Å². The minimum atomic E-state index is -4.10. The quantitative estimate of drug-likeness (QED) is 0.933. The minimum Gasteiger partial charge on any atom is -0.478 e. The predicted octanol–water partition coefficient (Wildman–Crippen LogP) is 2.08. The number of methoxy groups -OCH3 is 1. The number of ether oxygens (including phenoxy) is 1. The van der Waals surface area contributed by atoms with Crippen molar-refractivity contribution in [2.24, 2.45) is 0 Å². The van der Waals surface area contributed by atoms with Crippen LogP contribution in [-0.4, -0.2) is 25.5 Å². The maximum atomic E-state index is 13.3. The number of halogens is 2. The fraction of sp³-hybridized carbons (Fsp3) is 0.0909. The molecule has 0 saturated carbocycles. The number of benzene rings is 1. The second-order valence-corrected chi connectivity index (χ2v) is 5.60. The van der Waals surface area contributed by atoms with Crippen LogP contribution in [0.3, 0.4) is 0 Å². The maximum absolute atomic E-state index is 13.3. The lowest BCUT2D eigenvalue weighted by Crippen LogP contribution is -2.15. The Balaban J connectivity index is 2.44. The second-order valence-electron chi connectivity index (χ2n) is 3.57. The lowest BCUT2D eigenvalue weighted by molar-refractivity contribution is 0.398. The second kappa shape index (κ2) is 5.59. The van der Waals surface area contributed by atoms with Gasteiger partial charge in [0.25, 0.3) is 15.9 Å². The molecule has 0 bridgehead atoms. The monoisotopic (exact) mass is 317 g/mol. The first-order valence-corrected chi connectivity index (χ1v) is 7.13. The molecular formula is C11H9ClFN3O3S. The molecule has 0 spiro atoms. The number of hydrogen-bond acceptors (Lipinski definition) is 5. The minimum absolute atomic E-state index is 0.0106. The van der Waals surface area contributed by atoms with Gasteiger partial charge in [0.15, 0.2) is 0 Å². The Morgan fingerprint density at radius 1 is 1.30 bits per heavy atom. The van der Waals surface area contributed by atoms with Crippen molar-refractivity contribution < 1.29 is 17.5 Å². The molecule has 0 amide bonds. The summed E-state index contributed by atoms with van der Waals surface area (Å²) in [4.78, 5) is 7.20. The average Bonchev–Trinajstić information content (AvgIpc) is 2.42. The molecule has 1 aromatic heterocycles. The van der Waals surface area contributed by atoms with Crippen molar-refractivity contribution in [3.63, 3.8) is 0 Å². The Labute approximate surface area is 119 Å². The summed E-state index contributed by atoms with van der Waals surface area (Å²) in [6.07, 6.45) is 2.62. The molecule has 1 aromatic carbocycles. The van der Waals surface area contributed by atoms with Crippen LogP contribution in [0.2, 0.25) is 5.02 Å². The topological polar surface area (TPSA) is 81.2 Å². The van der Waals surface area contributed by atoms with Gasteiger partial charge < -0.3 is 4.74 Å². The summed E-state index contributed by atoms with van der Waals surface area (Å²) in [6, 6.07) is 3.48. The molecule has 106 valence electrons. The summed E-state index contributed by atoms with van der Waals surface area (Å²) in [5.41, 5.74) is 0. The van der Waals surface area contributed by atoms with E-state index in [-0.39, 0.29) is 11.7 Å². The van der Waals surface area contributed by atoms with E-state index in [0.717, 1.165) is 6.07 Å². The van der Waals surface area contributed by atoms with Crippen LogP contribution in [0.4, 0.5) is 10.2 Å².